The molecule has 1 amide bonds. The molecule has 71 heavy (non-hydrogen) atoms. The van der Waals surface area contributed by atoms with Crippen molar-refractivity contribution in [3.8, 4) is 0 Å². The van der Waals surface area contributed by atoms with Gasteiger partial charge in [0.05, 0.1) is 6.61 Å². The highest BCUT2D eigenvalue weighted by atomic mass is 16.6. The van der Waals surface area contributed by atoms with Gasteiger partial charge < -0.3 is 28.7 Å². The van der Waals surface area contributed by atoms with Crippen molar-refractivity contribution < 1.29 is 38.1 Å². The molecule has 0 atom stereocenters. The van der Waals surface area contributed by atoms with Crippen LogP contribution in [0.3, 0.4) is 0 Å². The van der Waals surface area contributed by atoms with E-state index in [1.165, 1.54) is 89.9 Å². The lowest BCUT2D eigenvalue weighted by atomic mass is 10.0. The molecule has 0 aliphatic carbocycles. The van der Waals surface area contributed by atoms with Crippen molar-refractivity contribution in [1.82, 2.24) is 9.80 Å². The van der Waals surface area contributed by atoms with Crippen LogP contribution in [0.2, 0.25) is 0 Å². The van der Waals surface area contributed by atoms with Gasteiger partial charge in [0.15, 0.2) is 0 Å². The van der Waals surface area contributed by atoms with Crippen molar-refractivity contribution in [3.63, 3.8) is 0 Å². The van der Waals surface area contributed by atoms with E-state index in [2.05, 4.69) is 32.6 Å². The summed E-state index contributed by atoms with van der Waals surface area (Å²) < 4.78 is 23.6. The SMILES string of the molecule is CCCCCCC(CCCCCC)OC(=O)CCCCCCCCC(CCCCCCCCC(=O)OC(CCCCCC)CCCCCC)OC(=O)N(CCCCCC(=O)OCC)CCCN1CCCC1. The van der Waals surface area contributed by atoms with Crippen molar-refractivity contribution >= 4 is 24.0 Å². The van der Waals surface area contributed by atoms with Crippen molar-refractivity contribution in [2.24, 2.45) is 0 Å². The van der Waals surface area contributed by atoms with Crippen LogP contribution in [0.5, 0.6) is 0 Å². The molecule has 0 aromatic rings. The Morgan fingerprint density at radius 1 is 0.380 bits per heavy atom. The van der Waals surface area contributed by atoms with E-state index in [0.29, 0.717) is 39.0 Å². The molecule has 1 fully saturated rings. The zero-order valence-electron chi connectivity index (χ0n) is 47.5. The number of amides is 1. The molecule has 10 heteroatoms. The molecule has 1 aliphatic heterocycles. The number of carbonyl (C=O) groups excluding carboxylic acids is 4. The third-order valence-corrected chi connectivity index (χ3v) is 14.7. The quantitative estimate of drug-likeness (QED) is 0.0334. The maximum Gasteiger partial charge on any atom is 0.410 e. The molecular formula is C61H116N2O8. The van der Waals surface area contributed by atoms with E-state index in [1.807, 2.05) is 11.8 Å². The molecule has 0 aromatic heterocycles. The van der Waals surface area contributed by atoms with Crippen LogP contribution in [0.1, 0.15) is 311 Å². The summed E-state index contributed by atoms with van der Waals surface area (Å²) >= 11 is 0. The highest BCUT2D eigenvalue weighted by molar-refractivity contribution is 5.70. The smallest absolute Gasteiger partial charge is 0.410 e. The maximum absolute atomic E-state index is 13.9. The Morgan fingerprint density at radius 3 is 1.10 bits per heavy atom. The summed E-state index contributed by atoms with van der Waals surface area (Å²) in [5, 5.41) is 0. The number of carbonyl (C=O) groups is 4. The van der Waals surface area contributed by atoms with E-state index in [-0.39, 0.29) is 42.3 Å². The summed E-state index contributed by atoms with van der Waals surface area (Å²) in [6.07, 6.45) is 44.9. The summed E-state index contributed by atoms with van der Waals surface area (Å²) in [4.78, 5) is 56.0. The largest absolute Gasteiger partial charge is 0.466 e. The van der Waals surface area contributed by atoms with Crippen LogP contribution in [0.15, 0.2) is 0 Å². The second-order valence-corrected chi connectivity index (χ2v) is 21.5. The van der Waals surface area contributed by atoms with Crippen molar-refractivity contribution in [1.29, 1.82) is 0 Å². The van der Waals surface area contributed by atoms with Crippen LogP contribution in [0.25, 0.3) is 0 Å². The molecule has 1 heterocycles. The van der Waals surface area contributed by atoms with E-state index >= 15 is 0 Å². The zero-order chi connectivity index (χ0) is 51.7. The number of nitrogens with zero attached hydrogens (tertiary/aromatic N) is 2. The lowest BCUT2D eigenvalue weighted by molar-refractivity contribution is -0.151. The maximum atomic E-state index is 13.9. The predicted octanol–water partition coefficient (Wildman–Crippen LogP) is 17.3. The number of unbranched alkanes of at least 4 members (excludes halogenated alkanes) is 24. The Kier molecular flexibility index (Phi) is 46.8. The summed E-state index contributed by atoms with van der Waals surface area (Å²) in [5.74, 6) is -0.179. The molecule has 10 nitrogen and oxygen atoms in total. The van der Waals surface area contributed by atoms with Gasteiger partial charge in [0.25, 0.3) is 0 Å². The average Bonchev–Trinajstić information content (AvgIpc) is 3.88. The monoisotopic (exact) mass is 1000 g/mol. The first-order valence-electron chi connectivity index (χ1n) is 31.0. The van der Waals surface area contributed by atoms with Gasteiger partial charge >= 0.3 is 24.0 Å². The van der Waals surface area contributed by atoms with E-state index in [9.17, 15) is 19.2 Å². The average molecular weight is 1010 g/mol. The second-order valence-electron chi connectivity index (χ2n) is 21.5. The molecule has 0 N–H and O–H groups in total. The van der Waals surface area contributed by atoms with Crippen LogP contribution >= 0.6 is 0 Å². The van der Waals surface area contributed by atoms with Crippen LogP contribution < -0.4 is 0 Å². The molecule has 0 aromatic carbocycles. The lowest BCUT2D eigenvalue weighted by Crippen LogP contribution is -2.37. The van der Waals surface area contributed by atoms with Gasteiger partial charge in [-0.3, -0.25) is 14.4 Å². The first kappa shape index (κ1) is 66.7. The van der Waals surface area contributed by atoms with Gasteiger partial charge in [-0.05, 0) is 149 Å². The third-order valence-electron chi connectivity index (χ3n) is 14.7. The Hall–Kier alpha value is -2.36. The van der Waals surface area contributed by atoms with Gasteiger partial charge in [-0.15, -0.1) is 0 Å². The van der Waals surface area contributed by atoms with Gasteiger partial charge in [0.1, 0.15) is 18.3 Å². The van der Waals surface area contributed by atoms with Gasteiger partial charge in [-0.1, -0.05) is 163 Å². The zero-order valence-corrected chi connectivity index (χ0v) is 47.5. The molecule has 418 valence electrons. The third kappa shape index (κ3) is 41.7. The first-order valence-corrected chi connectivity index (χ1v) is 31.0. The number of esters is 3. The summed E-state index contributed by atoms with van der Waals surface area (Å²) in [6, 6.07) is 0. The summed E-state index contributed by atoms with van der Waals surface area (Å²) in [6.45, 7) is 15.8. The Morgan fingerprint density at radius 2 is 0.704 bits per heavy atom. The molecule has 0 unspecified atom stereocenters. The molecule has 1 rings (SSSR count). The number of rotatable bonds is 52. The molecule has 0 saturated carbocycles. The number of hydrogen-bond acceptors (Lipinski definition) is 9. The number of ether oxygens (including phenoxy) is 4. The molecule has 0 bridgehead atoms. The standard InChI is InChI=1S/C61H116N2O8/c1-6-11-15-28-41-55(42-29-16-12-7-2)69-59(65)48-34-25-21-19-23-32-45-57(71-61(67)63(54-40-52-62-50-38-39-51-62)53-37-27-36-47-58(64)68-10-5)46-33-24-20-22-26-35-49-60(66)70-56(43-30-17-13-8-3)44-31-18-14-9-4/h55-57H,6-54H2,1-5H3. The number of hydrogen-bond donors (Lipinski definition) is 0. The summed E-state index contributed by atoms with van der Waals surface area (Å²) in [7, 11) is 0. The number of likely N-dealkylation sites (tertiary alicyclic amines) is 1. The van der Waals surface area contributed by atoms with E-state index in [0.717, 1.165) is 187 Å². The lowest BCUT2D eigenvalue weighted by Gasteiger charge is -2.27. The Bertz CT molecular complexity index is 1150. The minimum Gasteiger partial charge on any atom is -0.466 e. The molecule has 1 aliphatic rings. The van der Waals surface area contributed by atoms with Gasteiger partial charge in [0.2, 0.25) is 0 Å². The fourth-order valence-corrected chi connectivity index (χ4v) is 10.2. The molecule has 0 spiro atoms. The first-order chi connectivity index (χ1) is 34.8. The van der Waals surface area contributed by atoms with Crippen molar-refractivity contribution in [2.75, 3.05) is 39.3 Å². The fraction of sp³-hybridized carbons (Fsp3) is 0.934. The predicted molar refractivity (Wildman–Crippen MR) is 296 cm³/mol. The van der Waals surface area contributed by atoms with E-state index in [4.69, 9.17) is 18.9 Å². The Labute approximate surface area is 438 Å². The van der Waals surface area contributed by atoms with Crippen molar-refractivity contribution in [3.05, 3.63) is 0 Å². The highest BCUT2D eigenvalue weighted by Gasteiger charge is 2.22. The normalized spacial score (nSPS) is 12.9. The van der Waals surface area contributed by atoms with Crippen LogP contribution in [0, 0.1) is 0 Å². The minimum atomic E-state index is -0.186. The second kappa shape index (κ2) is 49.8. The van der Waals surface area contributed by atoms with Crippen LogP contribution in [-0.2, 0) is 33.3 Å². The van der Waals surface area contributed by atoms with Crippen molar-refractivity contribution in [2.45, 2.75) is 329 Å². The molecule has 0 radical (unpaired) electrons. The summed E-state index contributed by atoms with van der Waals surface area (Å²) in [5.41, 5.74) is 0. The highest BCUT2D eigenvalue weighted by Crippen LogP contribution is 2.22. The van der Waals surface area contributed by atoms with Crippen LogP contribution in [0.4, 0.5) is 4.79 Å². The van der Waals surface area contributed by atoms with Gasteiger partial charge in [-0.25, -0.2) is 4.79 Å². The minimum absolute atomic E-state index is 0.0163. The molecular weight excluding hydrogens is 889 g/mol. The van der Waals surface area contributed by atoms with E-state index < -0.39 is 0 Å². The van der Waals surface area contributed by atoms with Gasteiger partial charge in [0, 0.05) is 32.4 Å². The topological polar surface area (TPSA) is 112 Å². The molecule has 1 saturated heterocycles. The fourth-order valence-electron chi connectivity index (χ4n) is 10.2. The Balaban J connectivity index is 2.69. The van der Waals surface area contributed by atoms with Crippen LogP contribution in [-0.4, -0.2) is 91.4 Å². The van der Waals surface area contributed by atoms with E-state index in [1.54, 1.807) is 0 Å². The van der Waals surface area contributed by atoms with Gasteiger partial charge in [-0.2, -0.15) is 0 Å².